The Hall–Kier alpha value is -1.53. The Morgan fingerprint density at radius 2 is 1.86 bits per heavy atom. The summed E-state index contributed by atoms with van der Waals surface area (Å²) < 4.78 is 0. The minimum atomic E-state index is 0.0175. The molecule has 1 N–H and O–H groups in total. The van der Waals surface area contributed by atoms with E-state index in [9.17, 15) is 4.79 Å². The fraction of sp³-hybridized carbons (Fsp3) is 0.409. The van der Waals surface area contributed by atoms with Crippen LogP contribution in [0.3, 0.4) is 0 Å². The quantitative estimate of drug-likeness (QED) is 0.710. The number of hydrogen-bond donors (Lipinski definition) is 1. The molecular formula is C22H28ClN3OS. The van der Waals surface area contributed by atoms with Crippen molar-refractivity contribution >= 4 is 29.3 Å². The van der Waals surface area contributed by atoms with Gasteiger partial charge in [0.05, 0.1) is 11.8 Å². The highest BCUT2D eigenvalue weighted by Crippen LogP contribution is 2.18. The highest BCUT2D eigenvalue weighted by Gasteiger charge is 2.21. The van der Waals surface area contributed by atoms with E-state index in [2.05, 4.69) is 34.3 Å². The minimum Gasteiger partial charge on any atom is -0.347 e. The smallest absolute Gasteiger partial charge is 0.230 e. The number of benzene rings is 2. The van der Waals surface area contributed by atoms with Gasteiger partial charge in [0.25, 0.3) is 0 Å². The molecule has 1 heterocycles. The average molecular weight is 418 g/mol. The summed E-state index contributed by atoms with van der Waals surface area (Å²) in [6, 6.07) is 18.1. The van der Waals surface area contributed by atoms with Gasteiger partial charge in [-0.15, -0.1) is 11.8 Å². The second kappa shape index (κ2) is 10.9. The normalized spacial score (nSPS) is 16.6. The second-order valence-corrected chi connectivity index (χ2v) is 8.68. The number of carbonyl (C=O) groups excluding carboxylic acids is 1. The average Bonchev–Trinajstić information content (AvgIpc) is 2.70. The number of nitrogens with one attached hydrogen (secondary N) is 1. The lowest BCUT2D eigenvalue weighted by molar-refractivity contribution is -0.119. The molecule has 0 saturated carbocycles. The molecule has 0 radical (unpaired) electrons. The van der Waals surface area contributed by atoms with Crippen molar-refractivity contribution in [1.29, 1.82) is 0 Å². The molecule has 4 nitrogen and oxygen atoms in total. The Morgan fingerprint density at radius 3 is 2.57 bits per heavy atom. The van der Waals surface area contributed by atoms with Gasteiger partial charge >= 0.3 is 0 Å². The van der Waals surface area contributed by atoms with Crippen molar-refractivity contribution in [3.63, 3.8) is 0 Å². The summed E-state index contributed by atoms with van der Waals surface area (Å²) in [5.41, 5.74) is 2.30. The summed E-state index contributed by atoms with van der Waals surface area (Å²) in [5, 5.41) is 3.98. The lowest BCUT2D eigenvalue weighted by atomic mass is 10.1. The van der Waals surface area contributed by atoms with Crippen molar-refractivity contribution in [2.75, 3.05) is 45.5 Å². The van der Waals surface area contributed by atoms with Crippen LogP contribution in [0.1, 0.15) is 17.2 Å². The van der Waals surface area contributed by atoms with Crippen LogP contribution in [0, 0.1) is 0 Å². The van der Waals surface area contributed by atoms with Gasteiger partial charge in [0, 0.05) is 43.5 Å². The topological polar surface area (TPSA) is 35.6 Å². The predicted octanol–water partition coefficient (Wildman–Crippen LogP) is 3.68. The maximum absolute atomic E-state index is 12.6. The van der Waals surface area contributed by atoms with Crippen molar-refractivity contribution in [1.82, 2.24) is 15.1 Å². The van der Waals surface area contributed by atoms with E-state index in [1.807, 2.05) is 42.5 Å². The number of nitrogens with zero attached hydrogens (tertiary/aromatic N) is 2. The largest absolute Gasteiger partial charge is 0.347 e. The van der Waals surface area contributed by atoms with E-state index in [4.69, 9.17) is 11.6 Å². The van der Waals surface area contributed by atoms with E-state index in [-0.39, 0.29) is 11.9 Å². The van der Waals surface area contributed by atoms with E-state index in [0.29, 0.717) is 5.75 Å². The number of piperazine rings is 1. The molecule has 0 bridgehead atoms. The van der Waals surface area contributed by atoms with Crippen LogP contribution in [-0.4, -0.2) is 61.2 Å². The number of halogens is 1. The Labute approximate surface area is 177 Å². The molecular weight excluding hydrogens is 390 g/mol. The van der Waals surface area contributed by atoms with Crippen LogP contribution < -0.4 is 5.32 Å². The molecule has 6 heteroatoms. The predicted molar refractivity (Wildman–Crippen MR) is 119 cm³/mol. The SMILES string of the molecule is CN1CCN(CC(NC(=O)CSCc2cccc(Cl)c2)c2ccccc2)CC1. The zero-order valence-corrected chi connectivity index (χ0v) is 17.9. The van der Waals surface area contributed by atoms with Crippen molar-refractivity contribution < 1.29 is 4.79 Å². The van der Waals surface area contributed by atoms with Gasteiger partial charge in [-0.1, -0.05) is 54.1 Å². The first kappa shape index (κ1) is 21.2. The lowest BCUT2D eigenvalue weighted by Gasteiger charge is -2.35. The first-order valence-electron chi connectivity index (χ1n) is 9.67. The van der Waals surface area contributed by atoms with Gasteiger partial charge in [0.2, 0.25) is 5.91 Å². The molecule has 1 aliphatic heterocycles. The van der Waals surface area contributed by atoms with Crippen molar-refractivity contribution in [3.05, 3.63) is 70.7 Å². The van der Waals surface area contributed by atoms with E-state index in [1.54, 1.807) is 11.8 Å². The highest BCUT2D eigenvalue weighted by atomic mass is 35.5. The fourth-order valence-electron chi connectivity index (χ4n) is 3.33. The molecule has 150 valence electrons. The Balaban J connectivity index is 1.53. The number of rotatable bonds is 8. The second-order valence-electron chi connectivity index (χ2n) is 7.26. The monoisotopic (exact) mass is 417 g/mol. The zero-order chi connectivity index (χ0) is 19.8. The van der Waals surface area contributed by atoms with Gasteiger partial charge in [-0.25, -0.2) is 0 Å². The fourth-order valence-corrected chi connectivity index (χ4v) is 4.33. The highest BCUT2D eigenvalue weighted by molar-refractivity contribution is 7.99. The molecule has 0 aliphatic carbocycles. The summed E-state index contributed by atoms with van der Waals surface area (Å²) in [4.78, 5) is 17.4. The molecule has 1 unspecified atom stereocenters. The van der Waals surface area contributed by atoms with Gasteiger partial charge in [-0.3, -0.25) is 9.69 Å². The van der Waals surface area contributed by atoms with Crippen LogP contribution in [0.25, 0.3) is 0 Å². The summed E-state index contributed by atoms with van der Waals surface area (Å²) in [6.07, 6.45) is 0. The Kier molecular flexibility index (Phi) is 8.22. The standard InChI is InChI=1S/C22H28ClN3OS/c1-25-10-12-26(13-11-25)15-21(19-7-3-2-4-8-19)24-22(27)17-28-16-18-6-5-9-20(23)14-18/h2-9,14,21H,10-13,15-17H2,1H3,(H,24,27). The first-order chi connectivity index (χ1) is 13.6. The Bertz CT molecular complexity index is 750. The van der Waals surface area contributed by atoms with E-state index >= 15 is 0 Å². The minimum absolute atomic E-state index is 0.0175. The molecule has 1 fully saturated rings. The molecule has 3 rings (SSSR count). The van der Waals surface area contributed by atoms with Crippen molar-refractivity contribution in [2.24, 2.45) is 0 Å². The molecule has 1 aliphatic rings. The molecule has 1 atom stereocenters. The number of hydrogen-bond acceptors (Lipinski definition) is 4. The van der Waals surface area contributed by atoms with Crippen LogP contribution in [0.5, 0.6) is 0 Å². The summed E-state index contributed by atoms with van der Waals surface area (Å²) >= 11 is 7.64. The van der Waals surface area contributed by atoms with Crippen molar-refractivity contribution in [2.45, 2.75) is 11.8 Å². The van der Waals surface area contributed by atoms with Crippen LogP contribution in [0.2, 0.25) is 5.02 Å². The van der Waals surface area contributed by atoms with E-state index in [0.717, 1.165) is 54.6 Å². The maximum Gasteiger partial charge on any atom is 0.230 e. The van der Waals surface area contributed by atoms with Gasteiger partial charge in [-0.05, 0) is 30.3 Å². The molecule has 1 saturated heterocycles. The number of amides is 1. The molecule has 28 heavy (non-hydrogen) atoms. The van der Waals surface area contributed by atoms with Crippen LogP contribution in [0.4, 0.5) is 0 Å². The van der Waals surface area contributed by atoms with E-state index in [1.165, 1.54) is 0 Å². The molecule has 2 aromatic rings. The number of likely N-dealkylation sites (N-methyl/N-ethyl adjacent to an activating group) is 1. The summed E-state index contributed by atoms with van der Waals surface area (Å²) in [5.74, 6) is 1.30. The van der Waals surface area contributed by atoms with Gasteiger partial charge in [0.15, 0.2) is 0 Å². The summed E-state index contributed by atoms with van der Waals surface area (Å²) in [7, 11) is 2.16. The molecule has 0 aromatic heterocycles. The van der Waals surface area contributed by atoms with Crippen molar-refractivity contribution in [3.8, 4) is 0 Å². The Morgan fingerprint density at radius 1 is 1.11 bits per heavy atom. The molecule has 0 spiro atoms. The third kappa shape index (κ3) is 6.82. The third-order valence-electron chi connectivity index (χ3n) is 4.96. The molecule has 2 aromatic carbocycles. The van der Waals surface area contributed by atoms with Crippen LogP contribution >= 0.6 is 23.4 Å². The van der Waals surface area contributed by atoms with Crippen LogP contribution in [0.15, 0.2) is 54.6 Å². The van der Waals surface area contributed by atoms with E-state index < -0.39 is 0 Å². The lowest BCUT2D eigenvalue weighted by Crippen LogP contribution is -2.48. The van der Waals surface area contributed by atoms with Crippen LogP contribution in [-0.2, 0) is 10.5 Å². The van der Waals surface area contributed by atoms with Gasteiger partial charge < -0.3 is 10.2 Å². The maximum atomic E-state index is 12.6. The van der Waals surface area contributed by atoms with Gasteiger partial charge in [-0.2, -0.15) is 0 Å². The third-order valence-corrected chi connectivity index (χ3v) is 6.20. The number of carbonyl (C=O) groups is 1. The zero-order valence-electron chi connectivity index (χ0n) is 16.3. The van der Waals surface area contributed by atoms with Gasteiger partial charge in [0.1, 0.15) is 0 Å². The first-order valence-corrected chi connectivity index (χ1v) is 11.2. The summed E-state index contributed by atoms with van der Waals surface area (Å²) in [6.45, 7) is 5.08. The number of thioether (sulfide) groups is 1. The molecule has 1 amide bonds.